The number of benzene rings is 1. The first-order chi connectivity index (χ1) is 10.7. The number of ether oxygens (including phenoxy) is 1. The Labute approximate surface area is 129 Å². The molecule has 0 aliphatic rings. The average molecular weight is 301 g/mol. The summed E-state index contributed by atoms with van der Waals surface area (Å²) in [6, 6.07) is 9.45. The highest BCUT2D eigenvalue weighted by Crippen LogP contribution is 2.10. The minimum atomic E-state index is -0.299. The third kappa shape index (κ3) is 6.60. The first kappa shape index (κ1) is 17.3. The standard InChI is InChI=1S/C8H10N2O.C8H9NO2/c1-3-4-7-8(11-2)10-6-5-9-7;10-9(11)7-6-8-4-2-1-3-5-8/h3,5-6H,1,4H2,2H3;1-5H,6-7H2. The van der Waals surface area contributed by atoms with Crippen LogP contribution in [-0.2, 0) is 12.8 Å². The molecule has 0 saturated heterocycles. The van der Waals surface area contributed by atoms with Crippen LogP contribution in [0, 0.1) is 10.1 Å². The average Bonchev–Trinajstić information content (AvgIpc) is 2.55. The largest absolute Gasteiger partial charge is 0.480 e. The van der Waals surface area contributed by atoms with E-state index in [1.807, 2.05) is 30.3 Å². The molecule has 0 amide bonds. The van der Waals surface area contributed by atoms with Crippen LogP contribution in [0.25, 0.3) is 0 Å². The first-order valence-electron chi connectivity index (χ1n) is 6.77. The lowest BCUT2D eigenvalue weighted by Crippen LogP contribution is -2.03. The number of rotatable bonds is 6. The molecule has 0 spiro atoms. The second kappa shape index (κ2) is 10.0. The summed E-state index contributed by atoms with van der Waals surface area (Å²) in [6.07, 6.45) is 6.23. The van der Waals surface area contributed by atoms with E-state index in [1.54, 1.807) is 25.6 Å². The highest BCUT2D eigenvalue weighted by atomic mass is 16.6. The molecule has 0 bridgehead atoms. The molecule has 1 heterocycles. The molecule has 0 N–H and O–H groups in total. The number of hydrogen-bond donors (Lipinski definition) is 0. The summed E-state index contributed by atoms with van der Waals surface area (Å²) >= 11 is 0. The molecule has 0 saturated carbocycles. The van der Waals surface area contributed by atoms with Gasteiger partial charge in [0, 0.05) is 30.2 Å². The second-order valence-electron chi connectivity index (χ2n) is 4.30. The number of hydrogen-bond acceptors (Lipinski definition) is 5. The third-order valence-corrected chi connectivity index (χ3v) is 2.69. The first-order valence-corrected chi connectivity index (χ1v) is 6.77. The SMILES string of the molecule is C=CCc1nccnc1OC.O=[N+]([O-])CCc1ccccc1. The van der Waals surface area contributed by atoms with Gasteiger partial charge >= 0.3 is 0 Å². The molecule has 6 heteroatoms. The fraction of sp³-hybridized carbons (Fsp3) is 0.250. The molecule has 0 unspecified atom stereocenters. The number of nitrogens with zero attached hydrogens (tertiary/aromatic N) is 3. The normalized spacial score (nSPS) is 9.32. The van der Waals surface area contributed by atoms with Crippen LogP contribution in [0.4, 0.5) is 0 Å². The van der Waals surface area contributed by atoms with Crippen LogP contribution in [0.2, 0.25) is 0 Å². The minimum Gasteiger partial charge on any atom is -0.480 e. The van der Waals surface area contributed by atoms with E-state index in [0.717, 1.165) is 11.3 Å². The van der Waals surface area contributed by atoms with Gasteiger partial charge in [0.2, 0.25) is 12.4 Å². The molecule has 6 nitrogen and oxygen atoms in total. The van der Waals surface area contributed by atoms with Crippen molar-refractivity contribution in [3.63, 3.8) is 0 Å². The minimum absolute atomic E-state index is 0.0179. The Kier molecular flexibility index (Phi) is 7.89. The molecular weight excluding hydrogens is 282 g/mol. The Morgan fingerprint density at radius 1 is 1.27 bits per heavy atom. The maximum absolute atomic E-state index is 9.98. The van der Waals surface area contributed by atoms with Gasteiger partial charge in [-0.25, -0.2) is 4.98 Å². The molecule has 2 aromatic rings. The van der Waals surface area contributed by atoms with Gasteiger partial charge in [-0.1, -0.05) is 36.4 Å². The van der Waals surface area contributed by atoms with Crippen LogP contribution < -0.4 is 4.74 Å². The zero-order chi connectivity index (χ0) is 16.2. The predicted molar refractivity (Wildman–Crippen MR) is 84.5 cm³/mol. The van der Waals surface area contributed by atoms with E-state index < -0.39 is 0 Å². The van der Waals surface area contributed by atoms with E-state index in [9.17, 15) is 10.1 Å². The van der Waals surface area contributed by atoms with Gasteiger partial charge < -0.3 is 4.74 Å². The monoisotopic (exact) mass is 301 g/mol. The summed E-state index contributed by atoms with van der Waals surface area (Å²) in [5.41, 5.74) is 1.84. The van der Waals surface area contributed by atoms with Crippen molar-refractivity contribution in [2.45, 2.75) is 12.8 Å². The van der Waals surface area contributed by atoms with E-state index in [4.69, 9.17) is 4.74 Å². The van der Waals surface area contributed by atoms with Crippen molar-refractivity contribution in [2.24, 2.45) is 0 Å². The van der Waals surface area contributed by atoms with Gasteiger partial charge in [0.05, 0.1) is 7.11 Å². The fourth-order valence-corrected chi connectivity index (χ4v) is 1.67. The van der Waals surface area contributed by atoms with Crippen LogP contribution in [0.15, 0.2) is 55.4 Å². The van der Waals surface area contributed by atoms with Gasteiger partial charge in [-0.2, -0.15) is 0 Å². The molecule has 116 valence electrons. The molecule has 0 atom stereocenters. The maximum Gasteiger partial charge on any atom is 0.235 e. The van der Waals surface area contributed by atoms with Gasteiger partial charge in [0.15, 0.2) is 0 Å². The predicted octanol–water partition coefficient (Wildman–Crippen LogP) is 2.72. The van der Waals surface area contributed by atoms with E-state index in [-0.39, 0.29) is 11.5 Å². The molecule has 0 aliphatic heterocycles. The quantitative estimate of drug-likeness (QED) is 0.465. The molecule has 0 aliphatic carbocycles. The van der Waals surface area contributed by atoms with Crippen molar-refractivity contribution < 1.29 is 9.66 Å². The van der Waals surface area contributed by atoms with Gasteiger partial charge in [-0.3, -0.25) is 15.1 Å². The molecule has 0 fully saturated rings. The fourth-order valence-electron chi connectivity index (χ4n) is 1.67. The Balaban J connectivity index is 0.000000220. The molecular formula is C16H19N3O3. The van der Waals surface area contributed by atoms with Crippen molar-refractivity contribution in [1.29, 1.82) is 0 Å². The molecule has 0 radical (unpaired) electrons. The van der Waals surface area contributed by atoms with E-state index in [0.29, 0.717) is 18.7 Å². The summed E-state index contributed by atoms with van der Waals surface area (Å²) in [4.78, 5) is 17.7. The molecule has 1 aromatic carbocycles. The number of allylic oxidation sites excluding steroid dienone is 1. The van der Waals surface area contributed by atoms with E-state index in [2.05, 4.69) is 16.5 Å². The summed E-state index contributed by atoms with van der Waals surface area (Å²) in [5, 5.41) is 9.98. The Morgan fingerprint density at radius 2 is 1.95 bits per heavy atom. The van der Waals surface area contributed by atoms with E-state index in [1.165, 1.54) is 0 Å². The second-order valence-corrected chi connectivity index (χ2v) is 4.30. The van der Waals surface area contributed by atoms with Crippen molar-refractivity contribution in [3.8, 4) is 5.88 Å². The van der Waals surface area contributed by atoms with E-state index >= 15 is 0 Å². The summed E-state index contributed by atoms with van der Waals surface area (Å²) in [5.74, 6) is 0.576. The smallest absolute Gasteiger partial charge is 0.235 e. The van der Waals surface area contributed by atoms with Crippen molar-refractivity contribution in [1.82, 2.24) is 9.97 Å². The highest BCUT2D eigenvalue weighted by Gasteiger charge is 2.00. The lowest BCUT2D eigenvalue weighted by molar-refractivity contribution is -0.479. The zero-order valence-corrected chi connectivity index (χ0v) is 12.5. The Bertz CT molecular complexity index is 588. The molecule has 22 heavy (non-hydrogen) atoms. The van der Waals surface area contributed by atoms with Crippen molar-refractivity contribution in [3.05, 3.63) is 76.8 Å². The lowest BCUT2D eigenvalue weighted by atomic mass is 10.2. The topological polar surface area (TPSA) is 78.2 Å². The molecule has 2 rings (SSSR count). The van der Waals surface area contributed by atoms with Crippen molar-refractivity contribution in [2.75, 3.05) is 13.7 Å². The number of aromatic nitrogens is 2. The summed E-state index contributed by atoms with van der Waals surface area (Å²) < 4.78 is 4.98. The van der Waals surface area contributed by atoms with Gasteiger partial charge in [0.1, 0.15) is 5.69 Å². The maximum atomic E-state index is 9.98. The van der Waals surface area contributed by atoms with Gasteiger partial charge in [-0.05, 0) is 5.56 Å². The highest BCUT2D eigenvalue weighted by molar-refractivity contribution is 5.19. The Hall–Kier alpha value is -2.76. The summed E-state index contributed by atoms with van der Waals surface area (Å²) in [6.45, 7) is 3.63. The third-order valence-electron chi connectivity index (χ3n) is 2.69. The number of nitro groups is 1. The Morgan fingerprint density at radius 3 is 2.55 bits per heavy atom. The van der Waals surface area contributed by atoms with Crippen molar-refractivity contribution >= 4 is 0 Å². The summed E-state index contributed by atoms with van der Waals surface area (Å²) in [7, 11) is 1.58. The van der Waals surface area contributed by atoms with Gasteiger partial charge in [0.25, 0.3) is 0 Å². The molecule has 1 aromatic heterocycles. The van der Waals surface area contributed by atoms with Gasteiger partial charge in [-0.15, -0.1) is 6.58 Å². The lowest BCUT2D eigenvalue weighted by Gasteiger charge is -2.01. The van der Waals surface area contributed by atoms with Crippen LogP contribution in [0.5, 0.6) is 5.88 Å². The van der Waals surface area contributed by atoms with Crippen LogP contribution in [0.3, 0.4) is 0 Å². The number of methoxy groups -OCH3 is 1. The van der Waals surface area contributed by atoms with Crippen LogP contribution in [0.1, 0.15) is 11.3 Å². The van der Waals surface area contributed by atoms with Crippen LogP contribution >= 0.6 is 0 Å². The van der Waals surface area contributed by atoms with Crippen LogP contribution in [-0.4, -0.2) is 28.5 Å². The zero-order valence-electron chi connectivity index (χ0n) is 12.5.